The van der Waals surface area contributed by atoms with Gasteiger partial charge in [-0.2, -0.15) is 0 Å². The van der Waals surface area contributed by atoms with Crippen LogP contribution in [0.25, 0.3) is 0 Å². The van der Waals surface area contributed by atoms with Crippen LogP contribution in [0.3, 0.4) is 0 Å². The minimum atomic E-state index is -2.85. The first-order valence-electron chi connectivity index (χ1n) is 8.25. The monoisotopic (exact) mass is 342 g/mol. The fourth-order valence-electron chi connectivity index (χ4n) is 3.25. The highest BCUT2D eigenvalue weighted by atomic mass is 31.2. The molecule has 0 aromatic heterocycles. The second-order valence-corrected chi connectivity index (χ2v) is 10.4. The van der Waals surface area contributed by atoms with E-state index in [1.54, 1.807) is 0 Å². The number of hydrogen-bond acceptors (Lipinski definition) is 4. The van der Waals surface area contributed by atoms with E-state index in [-0.39, 0.29) is 0 Å². The van der Waals surface area contributed by atoms with Gasteiger partial charge in [-0.1, -0.05) is 26.2 Å². The first-order chi connectivity index (χ1) is 10.5. The summed E-state index contributed by atoms with van der Waals surface area (Å²) in [6.07, 6.45) is 5.54. The van der Waals surface area contributed by atoms with Crippen LogP contribution >= 0.6 is 14.7 Å². The van der Waals surface area contributed by atoms with E-state index in [4.69, 9.17) is 9.05 Å². The molecule has 22 heavy (non-hydrogen) atoms. The van der Waals surface area contributed by atoms with Gasteiger partial charge in [-0.05, 0) is 38.3 Å². The van der Waals surface area contributed by atoms with Crippen LogP contribution < -0.4 is 21.2 Å². The molecule has 0 saturated heterocycles. The number of hydrogen-bond donors (Lipinski definition) is 0. The molecule has 0 saturated carbocycles. The van der Waals surface area contributed by atoms with Crippen molar-refractivity contribution in [3.8, 4) is 0 Å². The molecular weight excluding hydrogens is 318 g/mol. The summed E-state index contributed by atoms with van der Waals surface area (Å²) in [5.74, 6) is 0. The maximum atomic E-state index is 13.0. The summed E-state index contributed by atoms with van der Waals surface area (Å²) in [6.45, 7) is 6.69. The lowest BCUT2D eigenvalue weighted by Crippen LogP contribution is -2.10. The second-order valence-electron chi connectivity index (χ2n) is 5.85. The van der Waals surface area contributed by atoms with E-state index in [1.165, 1.54) is 19.3 Å². The van der Waals surface area contributed by atoms with Crippen molar-refractivity contribution < 1.29 is 18.2 Å². The van der Waals surface area contributed by atoms with Gasteiger partial charge >= 0.3 is 0 Å². The molecule has 0 bridgehead atoms. The summed E-state index contributed by atoms with van der Waals surface area (Å²) >= 11 is 0. The van der Waals surface area contributed by atoms with Gasteiger partial charge in [0.2, 0.25) is 0 Å². The van der Waals surface area contributed by atoms with Crippen molar-refractivity contribution in [2.75, 3.05) is 13.2 Å². The van der Waals surface area contributed by atoms with Crippen molar-refractivity contribution in [1.82, 2.24) is 0 Å². The second kappa shape index (κ2) is 5.91. The molecule has 2 unspecified atom stereocenters. The molecule has 2 aliphatic heterocycles. The van der Waals surface area contributed by atoms with Crippen LogP contribution in [0.5, 0.6) is 0 Å². The number of unbranched alkanes of at least 4 members (excludes halogenated alkanes) is 3. The average Bonchev–Trinajstić information content (AvgIpc) is 3.29. The van der Waals surface area contributed by atoms with Crippen LogP contribution in [-0.4, -0.2) is 13.2 Å². The first kappa shape index (κ1) is 16.5. The van der Waals surface area contributed by atoms with E-state index in [9.17, 15) is 9.13 Å². The summed E-state index contributed by atoms with van der Waals surface area (Å²) in [4.78, 5) is 0. The highest BCUT2D eigenvalue weighted by Crippen LogP contribution is 2.65. The molecule has 6 heteroatoms. The van der Waals surface area contributed by atoms with Crippen LogP contribution in [0.1, 0.15) is 52.0 Å². The normalized spacial score (nSPS) is 27.4. The Balaban J connectivity index is 1.88. The summed E-state index contributed by atoms with van der Waals surface area (Å²) in [5.41, 5.74) is 1.07. The van der Waals surface area contributed by atoms with Gasteiger partial charge in [-0.15, -0.1) is 0 Å². The summed E-state index contributed by atoms with van der Waals surface area (Å²) in [5, 5.41) is 3.07. The Kier molecular flexibility index (Phi) is 4.42. The van der Waals surface area contributed by atoms with Gasteiger partial charge in [-0.3, -0.25) is 9.13 Å². The maximum absolute atomic E-state index is 13.0. The van der Waals surface area contributed by atoms with Crippen LogP contribution in [0.15, 0.2) is 6.07 Å². The Morgan fingerprint density at radius 2 is 1.55 bits per heavy atom. The first-order valence-corrected chi connectivity index (χ1v) is 11.5. The Morgan fingerprint density at radius 3 is 2.18 bits per heavy atom. The smallest absolute Gasteiger partial charge is 0.264 e. The lowest BCUT2D eigenvalue weighted by molar-refractivity contribution is 0.350. The van der Waals surface area contributed by atoms with Crippen LogP contribution in [0.4, 0.5) is 0 Å². The molecular formula is C16H24O4P2. The fraction of sp³-hybridized carbons (Fsp3) is 0.625. The molecule has 4 nitrogen and oxygen atoms in total. The third-order valence-corrected chi connectivity index (χ3v) is 9.48. The predicted octanol–water partition coefficient (Wildman–Crippen LogP) is 2.97. The zero-order valence-electron chi connectivity index (χ0n) is 13.6. The van der Waals surface area contributed by atoms with Gasteiger partial charge in [-0.25, -0.2) is 0 Å². The molecule has 2 heterocycles. The molecule has 0 fully saturated rings. The van der Waals surface area contributed by atoms with E-state index in [1.807, 2.05) is 19.9 Å². The molecule has 122 valence electrons. The number of rotatable bonds is 9. The molecule has 0 spiro atoms. The number of aryl methyl sites for hydroxylation is 1. The Morgan fingerprint density at radius 1 is 0.864 bits per heavy atom. The lowest BCUT2D eigenvalue weighted by atomic mass is 10.1. The van der Waals surface area contributed by atoms with Crippen LogP contribution in [0, 0.1) is 0 Å². The van der Waals surface area contributed by atoms with E-state index >= 15 is 0 Å². The van der Waals surface area contributed by atoms with E-state index in [2.05, 4.69) is 6.92 Å². The largest absolute Gasteiger partial charge is 0.322 e. The van der Waals surface area contributed by atoms with Gasteiger partial charge < -0.3 is 9.05 Å². The number of benzene rings is 1. The summed E-state index contributed by atoms with van der Waals surface area (Å²) in [6, 6.07) is 1.97. The van der Waals surface area contributed by atoms with Crippen molar-refractivity contribution in [1.29, 1.82) is 0 Å². The third-order valence-electron chi connectivity index (χ3n) is 4.33. The molecule has 1 aromatic carbocycles. The summed E-state index contributed by atoms with van der Waals surface area (Å²) in [7, 11) is -5.68. The molecule has 2 atom stereocenters. The summed E-state index contributed by atoms with van der Waals surface area (Å²) < 4.78 is 36.8. The predicted molar refractivity (Wildman–Crippen MR) is 91.3 cm³/mol. The maximum Gasteiger partial charge on any atom is 0.264 e. The highest BCUT2D eigenvalue weighted by molar-refractivity contribution is 7.93. The van der Waals surface area contributed by atoms with Crippen molar-refractivity contribution in [3.63, 3.8) is 0 Å². The Bertz CT molecular complexity index is 696. The minimum absolute atomic E-state index is 0.408. The van der Waals surface area contributed by atoms with Crippen molar-refractivity contribution in [2.24, 2.45) is 0 Å². The van der Waals surface area contributed by atoms with E-state index < -0.39 is 14.7 Å². The molecule has 0 N–H and O–H groups in total. The quantitative estimate of drug-likeness (QED) is 0.511. The van der Waals surface area contributed by atoms with Gasteiger partial charge in [0.05, 0.1) is 34.4 Å². The Hall–Kier alpha value is -0.400. The van der Waals surface area contributed by atoms with Crippen LogP contribution in [0.2, 0.25) is 0 Å². The van der Waals surface area contributed by atoms with E-state index in [0.717, 1.165) is 34.3 Å². The molecule has 0 radical (unpaired) electrons. The minimum Gasteiger partial charge on any atom is -0.322 e. The topological polar surface area (TPSA) is 52.6 Å². The average molecular weight is 342 g/mol. The highest BCUT2D eigenvalue weighted by Gasteiger charge is 2.64. The molecule has 1 aromatic rings. The Labute approximate surface area is 132 Å². The van der Waals surface area contributed by atoms with Crippen molar-refractivity contribution in [2.45, 2.75) is 52.9 Å². The molecule has 2 aliphatic rings. The molecule has 0 aliphatic carbocycles. The van der Waals surface area contributed by atoms with E-state index in [0.29, 0.717) is 18.5 Å². The van der Waals surface area contributed by atoms with Gasteiger partial charge in [0.1, 0.15) is 0 Å². The van der Waals surface area contributed by atoms with Crippen molar-refractivity contribution >= 4 is 36.0 Å². The van der Waals surface area contributed by atoms with Crippen LogP contribution in [-0.2, 0) is 24.6 Å². The third kappa shape index (κ3) is 2.36. The fourth-order valence-corrected chi connectivity index (χ4v) is 8.95. The zero-order valence-corrected chi connectivity index (χ0v) is 15.3. The number of fused-ring (bicyclic) bond motifs is 3. The zero-order chi connectivity index (χ0) is 16.0. The van der Waals surface area contributed by atoms with Crippen molar-refractivity contribution in [3.05, 3.63) is 11.6 Å². The molecule has 3 rings (SSSR count). The van der Waals surface area contributed by atoms with Gasteiger partial charge in [0.25, 0.3) is 14.7 Å². The SMILES string of the molecule is CCCCCCc1cc2c(c3c1P3(=O)OCC)P2(=O)OCC. The lowest BCUT2D eigenvalue weighted by Gasteiger charge is -2.02. The van der Waals surface area contributed by atoms with Gasteiger partial charge in [0, 0.05) is 0 Å². The molecule has 0 amide bonds. The standard InChI is InChI=1S/C16H24O4P2/c1-4-7-8-9-10-12-11-13-15(21(13,17)19-5-2)16-14(12)22(16,18)20-6-3/h11H,4-10H2,1-3H3. The van der Waals surface area contributed by atoms with Gasteiger partial charge in [0.15, 0.2) is 0 Å².